The zero-order chi connectivity index (χ0) is 21.4. The fraction of sp³-hybridized carbons (Fsp3) is 0.280. The van der Waals surface area contributed by atoms with E-state index in [9.17, 15) is 14.0 Å². The van der Waals surface area contributed by atoms with Crippen LogP contribution in [0.1, 0.15) is 42.9 Å². The van der Waals surface area contributed by atoms with E-state index in [0.717, 1.165) is 24.8 Å². The summed E-state index contributed by atoms with van der Waals surface area (Å²) in [5.41, 5.74) is 4.18. The van der Waals surface area contributed by atoms with Crippen molar-refractivity contribution in [3.05, 3.63) is 88.1 Å². The Balaban J connectivity index is 1.33. The van der Waals surface area contributed by atoms with Crippen LogP contribution in [0.15, 0.2) is 65.6 Å². The molecule has 1 aliphatic rings. The molecule has 2 aromatic carbocycles. The lowest BCUT2D eigenvalue weighted by Crippen LogP contribution is -2.31. The topological polar surface area (TPSA) is 55.5 Å². The first-order chi connectivity index (χ1) is 15.1. The molecule has 1 N–H and O–H groups in total. The van der Waals surface area contributed by atoms with Crippen LogP contribution in [0.25, 0.3) is 16.6 Å². The third-order valence-corrected chi connectivity index (χ3v) is 6.19. The molecule has 1 aliphatic carbocycles. The smallest absolute Gasteiger partial charge is 0.275 e. The van der Waals surface area contributed by atoms with Gasteiger partial charge in [-0.25, -0.2) is 4.39 Å². The van der Waals surface area contributed by atoms with Crippen LogP contribution >= 0.6 is 0 Å². The van der Waals surface area contributed by atoms with E-state index in [1.807, 2.05) is 12.1 Å². The Morgan fingerprint density at radius 3 is 2.84 bits per heavy atom. The Hall–Kier alpha value is -3.41. The molecule has 0 unspecified atom stereocenters. The zero-order valence-electron chi connectivity index (χ0n) is 17.2. The molecule has 2 aromatic heterocycles. The highest BCUT2D eigenvalue weighted by atomic mass is 19.1. The maximum atomic E-state index is 13.9. The molecule has 5 rings (SSSR count). The molecule has 1 atom stereocenters. The van der Waals surface area contributed by atoms with E-state index in [1.165, 1.54) is 23.3 Å². The Morgan fingerprint density at radius 1 is 1.06 bits per heavy atom. The van der Waals surface area contributed by atoms with E-state index in [2.05, 4.69) is 17.4 Å². The molecule has 31 heavy (non-hydrogen) atoms. The van der Waals surface area contributed by atoms with Crippen molar-refractivity contribution >= 4 is 22.5 Å². The minimum Gasteiger partial charge on any atom is -0.349 e. The third kappa shape index (κ3) is 3.63. The van der Waals surface area contributed by atoms with Crippen LogP contribution in [-0.2, 0) is 17.8 Å². The van der Waals surface area contributed by atoms with E-state index in [1.54, 1.807) is 33.4 Å². The number of fused-ring (bicyclic) bond motifs is 4. The summed E-state index contributed by atoms with van der Waals surface area (Å²) in [6.45, 7) is 0.356. The highest BCUT2D eigenvalue weighted by Crippen LogP contribution is 2.29. The first-order valence-corrected chi connectivity index (χ1v) is 10.8. The molecule has 6 heteroatoms. The van der Waals surface area contributed by atoms with Gasteiger partial charge in [-0.05, 0) is 67.1 Å². The molecular weight excluding hydrogens is 393 g/mol. The molecule has 0 saturated carbocycles. The van der Waals surface area contributed by atoms with Crippen LogP contribution in [0.2, 0.25) is 0 Å². The molecule has 0 spiro atoms. The number of aromatic nitrogens is 2. The van der Waals surface area contributed by atoms with Gasteiger partial charge in [-0.2, -0.15) is 0 Å². The van der Waals surface area contributed by atoms with Crippen molar-refractivity contribution in [3.8, 4) is 0 Å². The molecular formula is C25H24FN3O2. The van der Waals surface area contributed by atoms with Gasteiger partial charge in [0.15, 0.2) is 0 Å². The van der Waals surface area contributed by atoms with Crippen molar-refractivity contribution in [1.29, 1.82) is 0 Å². The summed E-state index contributed by atoms with van der Waals surface area (Å²) in [4.78, 5) is 25.6. The summed E-state index contributed by atoms with van der Waals surface area (Å²) in [5.74, 6) is -0.408. The van der Waals surface area contributed by atoms with Crippen LogP contribution < -0.4 is 10.9 Å². The van der Waals surface area contributed by atoms with E-state index >= 15 is 0 Å². The molecule has 2 heterocycles. The van der Waals surface area contributed by atoms with Gasteiger partial charge < -0.3 is 14.3 Å². The van der Waals surface area contributed by atoms with Gasteiger partial charge in [-0.1, -0.05) is 24.3 Å². The van der Waals surface area contributed by atoms with Gasteiger partial charge >= 0.3 is 0 Å². The monoisotopic (exact) mass is 417 g/mol. The predicted octanol–water partition coefficient (Wildman–Crippen LogP) is 4.37. The van der Waals surface area contributed by atoms with Crippen LogP contribution in [0.4, 0.5) is 4.39 Å². The number of nitrogens with one attached hydrogen (secondary N) is 1. The standard InChI is InChI=1S/C25H24FN3O2/c26-18-12-13-21-23(16-18)29(25(31)22-10-4-14-28(21)22)15-5-11-24(30)27-20-9-3-7-17-6-1-2-8-19(17)20/h1-2,4,6,8,10,12-14,16,20H,3,5,7,9,11,15H2,(H,27,30)/t20-/m1/s1. The molecule has 4 aromatic rings. The Bertz CT molecular complexity index is 1340. The molecule has 0 radical (unpaired) electrons. The second-order valence-electron chi connectivity index (χ2n) is 8.17. The average molecular weight is 417 g/mol. The third-order valence-electron chi connectivity index (χ3n) is 6.19. The van der Waals surface area contributed by atoms with Gasteiger partial charge in [0.05, 0.1) is 17.1 Å². The second-order valence-corrected chi connectivity index (χ2v) is 8.17. The average Bonchev–Trinajstić information content (AvgIpc) is 3.26. The summed E-state index contributed by atoms with van der Waals surface area (Å²) < 4.78 is 17.3. The largest absolute Gasteiger partial charge is 0.349 e. The summed E-state index contributed by atoms with van der Waals surface area (Å²) in [7, 11) is 0. The number of rotatable bonds is 5. The Morgan fingerprint density at radius 2 is 1.94 bits per heavy atom. The van der Waals surface area contributed by atoms with Crippen LogP contribution in [0.5, 0.6) is 0 Å². The molecule has 0 fully saturated rings. The number of hydrogen-bond acceptors (Lipinski definition) is 2. The normalized spacial score (nSPS) is 15.8. The number of nitrogens with zero attached hydrogens (tertiary/aromatic N) is 2. The number of amides is 1. The molecule has 0 bridgehead atoms. The van der Waals surface area contributed by atoms with Crippen LogP contribution in [-0.4, -0.2) is 14.9 Å². The van der Waals surface area contributed by atoms with Crippen LogP contribution in [0, 0.1) is 5.82 Å². The number of hydrogen-bond donors (Lipinski definition) is 1. The summed E-state index contributed by atoms with van der Waals surface area (Å²) >= 11 is 0. The number of carbonyl (C=O) groups is 1. The number of carbonyl (C=O) groups excluding carboxylic acids is 1. The van der Waals surface area contributed by atoms with Crippen molar-refractivity contribution in [2.75, 3.05) is 0 Å². The molecule has 0 saturated heterocycles. The van der Waals surface area contributed by atoms with Crippen molar-refractivity contribution in [2.24, 2.45) is 0 Å². The van der Waals surface area contributed by atoms with E-state index in [0.29, 0.717) is 30.4 Å². The first kappa shape index (κ1) is 19.5. The maximum Gasteiger partial charge on any atom is 0.275 e. The zero-order valence-corrected chi connectivity index (χ0v) is 17.2. The Labute approximate surface area is 179 Å². The van der Waals surface area contributed by atoms with Crippen molar-refractivity contribution in [2.45, 2.75) is 44.7 Å². The van der Waals surface area contributed by atoms with Crippen molar-refractivity contribution < 1.29 is 9.18 Å². The highest BCUT2D eigenvalue weighted by molar-refractivity contribution is 5.79. The van der Waals surface area contributed by atoms with Gasteiger partial charge in [-0.15, -0.1) is 0 Å². The summed E-state index contributed by atoms with van der Waals surface area (Å²) in [6.07, 6.45) is 5.67. The van der Waals surface area contributed by atoms with Gasteiger partial charge in [0.2, 0.25) is 5.91 Å². The van der Waals surface area contributed by atoms with Gasteiger partial charge in [-0.3, -0.25) is 9.59 Å². The predicted molar refractivity (Wildman–Crippen MR) is 119 cm³/mol. The Kier molecular flexibility index (Phi) is 5.06. The highest BCUT2D eigenvalue weighted by Gasteiger charge is 2.21. The summed E-state index contributed by atoms with van der Waals surface area (Å²) in [6, 6.07) is 16.3. The SMILES string of the molecule is O=C(CCCn1c(=O)c2cccn2c2ccc(F)cc21)N[C@@H]1CCCc2ccccc21. The maximum absolute atomic E-state index is 13.9. The summed E-state index contributed by atoms with van der Waals surface area (Å²) in [5, 5.41) is 3.16. The van der Waals surface area contributed by atoms with Gasteiger partial charge in [0.1, 0.15) is 11.3 Å². The van der Waals surface area contributed by atoms with Gasteiger partial charge in [0.25, 0.3) is 5.56 Å². The molecule has 0 aliphatic heterocycles. The quantitative estimate of drug-likeness (QED) is 0.524. The minimum atomic E-state index is -0.388. The van der Waals surface area contributed by atoms with E-state index < -0.39 is 0 Å². The lowest BCUT2D eigenvalue weighted by atomic mass is 9.87. The fourth-order valence-corrected chi connectivity index (χ4v) is 4.72. The number of halogens is 1. The van der Waals surface area contributed by atoms with Crippen molar-refractivity contribution in [3.63, 3.8) is 0 Å². The van der Waals surface area contributed by atoms with E-state index in [4.69, 9.17) is 0 Å². The van der Waals surface area contributed by atoms with Crippen molar-refractivity contribution in [1.82, 2.24) is 14.3 Å². The lowest BCUT2D eigenvalue weighted by molar-refractivity contribution is -0.122. The molecule has 158 valence electrons. The molecule has 5 nitrogen and oxygen atoms in total. The second kappa shape index (κ2) is 8.02. The number of aryl methyl sites for hydroxylation is 2. The fourth-order valence-electron chi connectivity index (χ4n) is 4.72. The van der Waals surface area contributed by atoms with Gasteiger partial charge in [0, 0.05) is 19.2 Å². The lowest BCUT2D eigenvalue weighted by Gasteiger charge is -2.26. The first-order valence-electron chi connectivity index (χ1n) is 10.8. The molecule has 1 amide bonds. The number of benzene rings is 2. The van der Waals surface area contributed by atoms with E-state index in [-0.39, 0.29) is 23.3 Å². The van der Waals surface area contributed by atoms with Crippen LogP contribution in [0.3, 0.4) is 0 Å². The minimum absolute atomic E-state index is 0.0194.